The van der Waals surface area contributed by atoms with Gasteiger partial charge in [0.05, 0.1) is 0 Å². The summed E-state index contributed by atoms with van der Waals surface area (Å²) in [6, 6.07) is 11.5. The molecule has 27 heavy (non-hydrogen) atoms. The molecule has 3 nitrogen and oxygen atoms in total. The van der Waals surface area contributed by atoms with Gasteiger partial charge in [-0.1, -0.05) is 42.3 Å². The maximum Gasteiger partial charge on any atom is 0.261 e. The molecule has 0 aliphatic heterocycles. The van der Waals surface area contributed by atoms with Crippen LogP contribution in [0.4, 0.5) is 0 Å². The predicted octanol–water partition coefficient (Wildman–Crippen LogP) is 5.82. The number of nitrogens with one attached hydrogen (secondary N) is 1. The molecule has 1 unspecified atom stereocenters. The molecule has 0 saturated carbocycles. The fraction of sp³-hybridized carbons (Fsp3) is 0.381. The van der Waals surface area contributed by atoms with Gasteiger partial charge in [0.25, 0.3) is 5.91 Å². The molecule has 146 valence electrons. The van der Waals surface area contributed by atoms with E-state index in [2.05, 4.69) is 11.4 Å². The zero-order chi connectivity index (χ0) is 19.8. The summed E-state index contributed by atoms with van der Waals surface area (Å²) >= 11 is 13.8. The van der Waals surface area contributed by atoms with Crippen molar-refractivity contribution in [1.82, 2.24) is 5.32 Å². The third-order valence-corrected chi connectivity index (χ3v) is 5.55. The van der Waals surface area contributed by atoms with E-state index in [-0.39, 0.29) is 5.91 Å². The lowest BCUT2D eigenvalue weighted by molar-refractivity contribution is -0.127. The van der Waals surface area contributed by atoms with Crippen LogP contribution >= 0.6 is 35.0 Å². The number of thioether (sulfide) groups is 1. The molecule has 0 saturated heterocycles. The molecule has 0 aromatic heterocycles. The van der Waals surface area contributed by atoms with E-state index in [4.69, 9.17) is 27.9 Å². The smallest absolute Gasteiger partial charge is 0.261 e. The molecule has 2 rings (SSSR count). The number of rotatable bonds is 9. The molecule has 0 radical (unpaired) electrons. The molecule has 0 spiro atoms. The molecular weight excluding hydrogens is 401 g/mol. The first kappa shape index (κ1) is 21.9. The van der Waals surface area contributed by atoms with Crippen LogP contribution in [-0.2, 0) is 10.5 Å². The van der Waals surface area contributed by atoms with Gasteiger partial charge in [0, 0.05) is 28.1 Å². The largest absolute Gasteiger partial charge is 0.481 e. The van der Waals surface area contributed by atoms with E-state index in [1.807, 2.05) is 45.0 Å². The van der Waals surface area contributed by atoms with Crippen LogP contribution in [0.5, 0.6) is 5.75 Å². The molecule has 0 aliphatic rings. The summed E-state index contributed by atoms with van der Waals surface area (Å²) < 4.78 is 5.89. The quantitative estimate of drug-likeness (QED) is 0.514. The minimum atomic E-state index is -0.484. The molecule has 0 fully saturated rings. The van der Waals surface area contributed by atoms with Gasteiger partial charge in [-0.05, 0) is 61.2 Å². The van der Waals surface area contributed by atoms with E-state index in [0.29, 0.717) is 23.0 Å². The Balaban J connectivity index is 1.76. The van der Waals surface area contributed by atoms with Crippen LogP contribution < -0.4 is 10.1 Å². The van der Waals surface area contributed by atoms with E-state index in [9.17, 15) is 4.79 Å². The van der Waals surface area contributed by atoms with Crippen molar-refractivity contribution in [3.8, 4) is 5.75 Å². The molecule has 6 heteroatoms. The molecular formula is C21H25Cl2NO2S. The Morgan fingerprint density at radius 2 is 1.85 bits per heavy atom. The Kier molecular flexibility index (Phi) is 8.81. The van der Waals surface area contributed by atoms with Crippen LogP contribution in [0.15, 0.2) is 36.4 Å². The van der Waals surface area contributed by atoms with Gasteiger partial charge in [-0.3, -0.25) is 4.79 Å². The highest BCUT2D eigenvalue weighted by Crippen LogP contribution is 2.24. The third kappa shape index (κ3) is 7.28. The van der Waals surface area contributed by atoms with Crippen LogP contribution in [0.25, 0.3) is 0 Å². The Bertz CT molecular complexity index is 763. The van der Waals surface area contributed by atoms with Crippen molar-refractivity contribution in [2.75, 3.05) is 12.3 Å². The minimum Gasteiger partial charge on any atom is -0.481 e. The fourth-order valence-electron chi connectivity index (χ4n) is 2.67. The summed E-state index contributed by atoms with van der Waals surface area (Å²) in [7, 11) is 0. The van der Waals surface area contributed by atoms with Gasteiger partial charge in [-0.2, -0.15) is 11.8 Å². The summed E-state index contributed by atoms with van der Waals surface area (Å²) in [6.07, 6.45) is 0.133. The van der Waals surface area contributed by atoms with Gasteiger partial charge in [-0.25, -0.2) is 0 Å². The number of amides is 1. The lowest BCUT2D eigenvalue weighted by Crippen LogP contribution is -2.39. The van der Waals surface area contributed by atoms with Crippen molar-refractivity contribution in [3.05, 3.63) is 63.1 Å². The van der Waals surface area contributed by atoms with Crippen molar-refractivity contribution < 1.29 is 9.53 Å². The minimum absolute atomic E-state index is 0.0817. The lowest BCUT2D eigenvalue weighted by atomic mass is 10.1. The van der Waals surface area contributed by atoms with Crippen molar-refractivity contribution in [2.45, 2.75) is 39.0 Å². The zero-order valence-electron chi connectivity index (χ0n) is 15.9. The predicted molar refractivity (Wildman–Crippen MR) is 116 cm³/mol. The first-order chi connectivity index (χ1) is 12.9. The molecule has 0 bridgehead atoms. The monoisotopic (exact) mass is 425 g/mol. The Morgan fingerprint density at radius 1 is 1.15 bits per heavy atom. The van der Waals surface area contributed by atoms with Crippen LogP contribution in [0.2, 0.25) is 10.0 Å². The first-order valence-electron chi connectivity index (χ1n) is 8.93. The Morgan fingerprint density at radius 3 is 2.48 bits per heavy atom. The standard InChI is InChI=1S/C21H25Cl2NO2S/c1-4-20(26-18-10-14(2)9-15(3)11-18)21(25)24-7-8-27-13-16-5-6-17(22)12-19(16)23/h5-6,9-12,20H,4,7-8,13H2,1-3H3,(H,24,25). The van der Waals surface area contributed by atoms with Crippen LogP contribution in [0.1, 0.15) is 30.0 Å². The highest BCUT2D eigenvalue weighted by atomic mass is 35.5. The van der Waals surface area contributed by atoms with E-state index in [0.717, 1.165) is 33.9 Å². The summed E-state index contributed by atoms with van der Waals surface area (Å²) in [5.41, 5.74) is 3.29. The van der Waals surface area contributed by atoms with E-state index in [1.165, 1.54) is 0 Å². The topological polar surface area (TPSA) is 38.3 Å². The number of carbonyl (C=O) groups is 1. The average molecular weight is 426 g/mol. The molecule has 1 atom stereocenters. The summed E-state index contributed by atoms with van der Waals surface area (Å²) in [5, 5.41) is 4.26. The van der Waals surface area contributed by atoms with Crippen molar-refractivity contribution in [3.63, 3.8) is 0 Å². The van der Waals surface area contributed by atoms with Crippen molar-refractivity contribution in [2.24, 2.45) is 0 Å². The third-order valence-electron chi connectivity index (χ3n) is 3.96. The van der Waals surface area contributed by atoms with Crippen molar-refractivity contribution in [1.29, 1.82) is 0 Å². The number of hydrogen-bond donors (Lipinski definition) is 1. The maximum atomic E-state index is 12.4. The lowest BCUT2D eigenvalue weighted by Gasteiger charge is -2.18. The van der Waals surface area contributed by atoms with Crippen LogP contribution in [0.3, 0.4) is 0 Å². The van der Waals surface area contributed by atoms with Gasteiger partial charge in [0.1, 0.15) is 5.75 Å². The van der Waals surface area contributed by atoms with Gasteiger partial charge in [0.15, 0.2) is 6.10 Å². The molecule has 1 N–H and O–H groups in total. The molecule has 1 amide bonds. The second-order valence-corrected chi connectivity index (χ2v) is 8.37. The molecule has 2 aromatic rings. The number of benzene rings is 2. The zero-order valence-corrected chi connectivity index (χ0v) is 18.2. The Labute approximate surface area is 175 Å². The molecule has 0 heterocycles. The van der Waals surface area contributed by atoms with E-state index < -0.39 is 6.10 Å². The van der Waals surface area contributed by atoms with Crippen molar-refractivity contribution >= 4 is 40.9 Å². The normalized spacial score (nSPS) is 11.9. The van der Waals surface area contributed by atoms with Crippen LogP contribution in [0, 0.1) is 13.8 Å². The second-order valence-electron chi connectivity index (χ2n) is 6.42. The summed E-state index contributed by atoms with van der Waals surface area (Å²) in [5.74, 6) is 2.23. The molecule has 0 aliphatic carbocycles. The van der Waals surface area contributed by atoms with E-state index >= 15 is 0 Å². The van der Waals surface area contributed by atoms with Gasteiger partial charge in [0.2, 0.25) is 0 Å². The van der Waals surface area contributed by atoms with Gasteiger partial charge < -0.3 is 10.1 Å². The highest BCUT2D eigenvalue weighted by Gasteiger charge is 2.18. The summed E-state index contributed by atoms with van der Waals surface area (Å²) in [4.78, 5) is 12.4. The van der Waals surface area contributed by atoms with Gasteiger partial charge >= 0.3 is 0 Å². The number of carbonyl (C=O) groups excluding carboxylic acids is 1. The first-order valence-corrected chi connectivity index (χ1v) is 10.8. The average Bonchev–Trinajstić information content (AvgIpc) is 2.60. The fourth-order valence-corrected chi connectivity index (χ4v) is 4.09. The van der Waals surface area contributed by atoms with E-state index in [1.54, 1.807) is 17.8 Å². The number of aryl methyl sites for hydroxylation is 2. The van der Waals surface area contributed by atoms with Crippen LogP contribution in [-0.4, -0.2) is 24.3 Å². The number of ether oxygens (including phenoxy) is 1. The van der Waals surface area contributed by atoms with Gasteiger partial charge in [-0.15, -0.1) is 0 Å². The highest BCUT2D eigenvalue weighted by molar-refractivity contribution is 7.98. The second kappa shape index (κ2) is 10.8. The maximum absolute atomic E-state index is 12.4. The molecule has 2 aromatic carbocycles. The Hall–Kier alpha value is -1.36. The number of hydrogen-bond acceptors (Lipinski definition) is 3. The SMILES string of the molecule is CCC(Oc1cc(C)cc(C)c1)C(=O)NCCSCc1ccc(Cl)cc1Cl. The number of halogens is 2. The summed E-state index contributed by atoms with van der Waals surface area (Å²) in [6.45, 7) is 6.57.